The van der Waals surface area contributed by atoms with Crippen LogP contribution in [0.3, 0.4) is 0 Å². The van der Waals surface area contributed by atoms with Gasteiger partial charge in [-0.2, -0.15) is 5.10 Å². The molecule has 0 fully saturated rings. The van der Waals surface area contributed by atoms with Crippen LogP contribution in [-0.4, -0.2) is 37.6 Å². The average molecular weight is 278 g/mol. The van der Waals surface area contributed by atoms with E-state index in [1.54, 1.807) is 0 Å². The first-order valence-electron chi connectivity index (χ1n) is 6.07. The van der Waals surface area contributed by atoms with E-state index in [0.717, 1.165) is 5.82 Å². The lowest BCUT2D eigenvalue weighted by Gasteiger charge is -2.04. The van der Waals surface area contributed by atoms with Crippen LogP contribution >= 0.6 is 0 Å². The van der Waals surface area contributed by atoms with E-state index in [4.69, 9.17) is 0 Å². The zero-order chi connectivity index (χ0) is 14.4. The quantitative estimate of drug-likeness (QED) is 0.475. The summed E-state index contributed by atoms with van der Waals surface area (Å²) < 4.78 is 0. The molecule has 2 heterocycles. The highest BCUT2D eigenvalue weighted by atomic mass is 16.2. The lowest BCUT2D eigenvalue weighted by Crippen LogP contribution is -2.29. The number of carbonyl (C=O) groups is 1. The van der Waals surface area contributed by atoms with Crippen LogP contribution in [-0.2, 0) is 17.6 Å². The van der Waals surface area contributed by atoms with E-state index < -0.39 is 11.2 Å². The number of nitrogens with one attached hydrogen (secondary N) is 4. The fourth-order valence-corrected chi connectivity index (χ4v) is 1.68. The minimum Gasteiger partial charge on any atom is -0.356 e. The number of aromatic amines is 3. The molecule has 4 N–H and O–H groups in total. The number of H-pyrrole nitrogens is 3. The van der Waals surface area contributed by atoms with Gasteiger partial charge in [-0.3, -0.25) is 19.7 Å². The number of rotatable bonds is 6. The molecule has 20 heavy (non-hydrogen) atoms. The second-order valence-electron chi connectivity index (χ2n) is 4.18. The molecule has 0 aliphatic carbocycles. The normalized spacial score (nSPS) is 10.4. The van der Waals surface area contributed by atoms with Crippen molar-refractivity contribution in [3.8, 4) is 0 Å². The molecule has 1 amide bonds. The number of hydrogen-bond acceptors (Lipinski definition) is 5. The molecule has 0 bridgehead atoms. The minimum absolute atomic E-state index is 0.0402. The van der Waals surface area contributed by atoms with Gasteiger partial charge in [-0.1, -0.05) is 0 Å². The third kappa shape index (κ3) is 4.19. The fourth-order valence-electron chi connectivity index (χ4n) is 1.68. The van der Waals surface area contributed by atoms with E-state index in [2.05, 4.69) is 25.5 Å². The fraction of sp³-hybridized carbons (Fsp3) is 0.364. The Balaban J connectivity index is 1.75. The van der Waals surface area contributed by atoms with Crippen molar-refractivity contribution in [1.29, 1.82) is 0 Å². The van der Waals surface area contributed by atoms with Gasteiger partial charge in [-0.25, -0.2) is 9.78 Å². The van der Waals surface area contributed by atoms with Crippen molar-refractivity contribution in [2.75, 3.05) is 6.54 Å². The van der Waals surface area contributed by atoms with Crippen LogP contribution in [0.1, 0.15) is 17.9 Å². The number of carbonyl (C=O) groups excluding carboxylic acids is 1. The molecule has 0 saturated heterocycles. The van der Waals surface area contributed by atoms with Crippen LogP contribution in [0.4, 0.5) is 0 Å². The maximum absolute atomic E-state index is 11.6. The first kappa shape index (κ1) is 13.7. The standard InChI is InChI=1S/C11H14N6O3/c18-9(4-7-5-10(19)16-11(20)15-7)12-3-1-2-8-13-6-14-17-8/h5-6H,1-4H2,(H,12,18)(H,13,14,17)(H2,15,16,19,20). The number of aryl methyl sites for hydroxylation is 1. The molecule has 0 aromatic carbocycles. The van der Waals surface area contributed by atoms with E-state index in [-0.39, 0.29) is 18.0 Å². The monoisotopic (exact) mass is 278 g/mol. The lowest BCUT2D eigenvalue weighted by molar-refractivity contribution is -0.120. The van der Waals surface area contributed by atoms with E-state index in [1.807, 2.05) is 4.98 Å². The van der Waals surface area contributed by atoms with Crippen molar-refractivity contribution in [1.82, 2.24) is 30.5 Å². The smallest absolute Gasteiger partial charge is 0.325 e. The first-order valence-corrected chi connectivity index (χ1v) is 6.07. The molecule has 0 saturated carbocycles. The molecule has 2 aromatic heterocycles. The van der Waals surface area contributed by atoms with Gasteiger partial charge in [0.25, 0.3) is 5.56 Å². The molecule has 0 unspecified atom stereocenters. The summed E-state index contributed by atoms with van der Waals surface area (Å²) in [5, 5.41) is 9.14. The summed E-state index contributed by atoms with van der Waals surface area (Å²) in [7, 11) is 0. The molecular formula is C11H14N6O3. The molecule has 0 spiro atoms. The van der Waals surface area contributed by atoms with Gasteiger partial charge in [-0.15, -0.1) is 0 Å². The van der Waals surface area contributed by atoms with Crippen LogP contribution < -0.4 is 16.6 Å². The van der Waals surface area contributed by atoms with Crippen molar-refractivity contribution in [2.24, 2.45) is 0 Å². The molecule has 0 aliphatic heterocycles. The SMILES string of the molecule is O=C(Cc1cc(=O)[nH]c(=O)[nH]1)NCCCc1ncn[nH]1. The van der Waals surface area contributed by atoms with Gasteiger partial charge in [0.1, 0.15) is 12.2 Å². The molecule has 2 aromatic rings. The second kappa shape index (κ2) is 6.45. The Kier molecular flexibility index (Phi) is 4.43. The molecule has 0 aliphatic rings. The van der Waals surface area contributed by atoms with Crippen LogP contribution in [0.25, 0.3) is 0 Å². The first-order chi connectivity index (χ1) is 9.63. The predicted octanol–water partition coefficient (Wildman–Crippen LogP) is -1.53. The highest BCUT2D eigenvalue weighted by Crippen LogP contribution is 1.92. The van der Waals surface area contributed by atoms with Crippen LogP contribution in [0.15, 0.2) is 22.0 Å². The summed E-state index contributed by atoms with van der Waals surface area (Å²) in [6.07, 6.45) is 2.79. The third-order valence-corrected chi connectivity index (χ3v) is 2.54. The van der Waals surface area contributed by atoms with E-state index >= 15 is 0 Å². The number of nitrogens with zero attached hydrogens (tertiary/aromatic N) is 2. The molecule has 9 heteroatoms. The molecule has 2 rings (SSSR count). The van der Waals surface area contributed by atoms with Gasteiger partial charge in [0.15, 0.2) is 0 Å². The summed E-state index contributed by atoms with van der Waals surface area (Å²) in [5.41, 5.74) is -0.862. The van der Waals surface area contributed by atoms with Crippen LogP contribution in [0, 0.1) is 0 Å². The van der Waals surface area contributed by atoms with Gasteiger partial charge < -0.3 is 10.3 Å². The highest BCUT2D eigenvalue weighted by molar-refractivity contribution is 5.77. The summed E-state index contributed by atoms with van der Waals surface area (Å²) in [4.78, 5) is 42.1. The Hall–Kier alpha value is -2.71. The number of amides is 1. The van der Waals surface area contributed by atoms with Gasteiger partial charge in [-0.05, 0) is 6.42 Å². The molecular weight excluding hydrogens is 264 g/mol. The second-order valence-corrected chi connectivity index (χ2v) is 4.18. The summed E-state index contributed by atoms with van der Waals surface area (Å²) in [6, 6.07) is 1.19. The van der Waals surface area contributed by atoms with Crippen molar-refractivity contribution in [3.63, 3.8) is 0 Å². The van der Waals surface area contributed by atoms with E-state index in [0.29, 0.717) is 19.4 Å². The number of aromatic nitrogens is 5. The average Bonchev–Trinajstić information content (AvgIpc) is 2.86. The molecule has 0 atom stereocenters. The Labute approximate surface area is 112 Å². The van der Waals surface area contributed by atoms with Crippen molar-refractivity contribution >= 4 is 5.91 Å². The topological polar surface area (TPSA) is 136 Å². The molecule has 106 valence electrons. The molecule has 0 radical (unpaired) electrons. The summed E-state index contributed by atoms with van der Waals surface area (Å²) in [5.74, 6) is 0.502. The van der Waals surface area contributed by atoms with E-state index in [1.165, 1.54) is 12.4 Å². The Morgan fingerprint density at radius 1 is 1.30 bits per heavy atom. The van der Waals surface area contributed by atoms with Gasteiger partial charge in [0, 0.05) is 24.7 Å². The van der Waals surface area contributed by atoms with Crippen LogP contribution in [0.2, 0.25) is 0 Å². The minimum atomic E-state index is -0.620. The largest absolute Gasteiger partial charge is 0.356 e. The van der Waals surface area contributed by atoms with Crippen molar-refractivity contribution in [2.45, 2.75) is 19.3 Å². The van der Waals surface area contributed by atoms with Crippen molar-refractivity contribution < 1.29 is 4.79 Å². The highest BCUT2D eigenvalue weighted by Gasteiger charge is 2.05. The predicted molar refractivity (Wildman–Crippen MR) is 69.1 cm³/mol. The summed E-state index contributed by atoms with van der Waals surface area (Å²) >= 11 is 0. The van der Waals surface area contributed by atoms with Gasteiger partial charge in [0.2, 0.25) is 5.91 Å². The maximum Gasteiger partial charge on any atom is 0.325 e. The summed E-state index contributed by atoms with van der Waals surface area (Å²) in [6.45, 7) is 0.479. The zero-order valence-corrected chi connectivity index (χ0v) is 10.6. The Morgan fingerprint density at radius 2 is 2.15 bits per heavy atom. The zero-order valence-electron chi connectivity index (χ0n) is 10.6. The third-order valence-electron chi connectivity index (χ3n) is 2.54. The molecule has 9 nitrogen and oxygen atoms in total. The Bertz CT molecular complexity index is 644. The maximum atomic E-state index is 11.6. The van der Waals surface area contributed by atoms with Crippen LogP contribution in [0.5, 0.6) is 0 Å². The Morgan fingerprint density at radius 3 is 2.85 bits per heavy atom. The van der Waals surface area contributed by atoms with Gasteiger partial charge in [0.05, 0.1) is 6.42 Å². The van der Waals surface area contributed by atoms with Gasteiger partial charge >= 0.3 is 5.69 Å². The van der Waals surface area contributed by atoms with Crippen molar-refractivity contribution in [3.05, 3.63) is 44.8 Å². The number of hydrogen-bond donors (Lipinski definition) is 4. The van der Waals surface area contributed by atoms with E-state index in [9.17, 15) is 14.4 Å². The lowest BCUT2D eigenvalue weighted by atomic mass is 10.2.